The monoisotopic (exact) mass is 457 g/mol. The third kappa shape index (κ3) is 5.29. The molecule has 172 valence electrons. The van der Waals surface area contributed by atoms with Gasteiger partial charge in [0.2, 0.25) is 0 Å². The Bertz CT molecular complexity index is 1170. The first kappa shape index (κ1) is 23.1. The van der Waals surface area contributed by atoms with Gasteiger partial charge < -0.3 is 10.6 Å². The number of alkyl halides is 2. The van der Waals surface area contributed by atoms with Crippen molar-refractivity contribution in [1.82, 2.24) is 10.3 Å². The maximum absolute atomic E-state index is 13.5. The zero-order chi connectivity index (χ0) is 24.0. The van der Waals surface area contributed by atoms with Crippen molar-refractivity contribution in [2.45, 2.75) is 24.8 Å². The Labute approximate surface area is 197 Å². The van der Waals surface area contributed by atoms with Crippen LogP contribution in [0.2, 0.25) is 0 Å². The highest BCUT2D eigenvalue weighted by Crippen LogP contribution is 2.33. The normalized spacial score (nSPS) is 13.0. The lowest BCUT2D eigenvalue weighted by Crippen LogP contribution is -2.50. The summed E-state index contributed by atoms with van der Waals surface area (Å²) in [4.78, 5) is 17.8. The minimum atomic E-state index is -2.95. The summed E-state index contributed by atoms with van der Waals surface area (Å²) in [5.41, 5.74) is 1.90. The topological polar surface area (TPSA) is 54.0 Å². The molecule has 4 nitrogen and oxygen atoms in total. The number of benzene rings is 3. The van der Waals surface area contributed by atoms with Crippen LogP contribution in [0.1, 0.15) is 29.3 Å². The summed E-state index contributed by atoms with van der Waals surface area (Å²) in [5.74, 6) is -2.95. The van der Waals surface area contributed by atoms with E-state index in [4.69, 9.17) is 0 Å². The van der Waals surface area contributed by atoms with E-state index in [2.05, 4.69) is 15.6 Å². The van der Waals surface area contributed by atoms with Crippen LogP contribution in [0.25, 0.3) is 0 Å². The van der Waals surface area contributed by atoms with Crippen LogP contribution in [-0.4, -0.2) is 11.0 Å². The maximum atomic E-state index is 13.5. The lowest BCUT2D eigenvalue weighted by atomic mass is 9.80. The van der Waals surface area contributed by atoms with Gasteiger partial charge in [-0.3, -0.25) is 4.98 Å². The summed E-state index contributed by atoms with van der Waals surface area (Å²) in [7, 11) is 0. The number of anilines is 1. The van der Waals surface area contributed by atoms with E-state index in [0.29, 0.717) is 17.8 Å². The molecule has 1 unspecified atom stereocenters. The number of urea groups is 1. The average Bonchev–Trinajstić information content (AvgIpc) is 2.85. The number of aromatic nitrogens is 1. The molecule has 1 aromatic heterocycles. The van der Waals surface area contributed by atoms with Gasteiger partial charge in [0.05, 0.1) is 5.69 Å². The molecule has 2 amide bonds. The summed E-state index contributed by atoms with van der Waals surface area (Å²) in [6, 6.07) is 30.2. The molecule has 4 aromatic rings. The summed E-state index contributed by atoms with van der Waals surface area (Å²) >= 11 is 0. The fourth-order valence-corrected chi connectivity index (χ4v) is 3.96. The number of pyridine rings is 1. The number of nitrogens with zero attached hydrogens (tertiary/aromatic N) is 1. The van der Waals surface area contributed by atoms with Crippen molar-refractivity contribution >= 4 is 11.7 Å². The van der Waals surface area contributed by atoms with Crippen molar-refractivity contribution in [3.05, 3.63) is 132 Å². The molecule has 6 heteroatoms. The Morgan fingerprint density at radius 3 is 2.00 bits per heavy atom. The van der Waals surface area contributed by atoms with Gasteiger partial charge in [-0.1, -0.05) is 78.9 Å². The highest BCUT2D eigenvalue weighted by Gasteiger charge is 2.37. The second-order valence-corrected chi connectivity index (χ2v) is 8.19. The van der Waals surface area contributed by atoms with Crippen LogP contribution in [-0.2, 0) is 17.9 Å². The summed E-state index contributed by atoms with van der Waals surface area (Å²) in [6.45, 7) is 0.840. The number of hydrogen-bond acceptors (Lipinski definition) is 2. The van der Waals surface area contributed by atoms with Crippen LogP contribution in [0.5, 0.6) is 0 Å². The maximum Gasteiger partial charge on any atom is 0.320 e. The SMILES string of the molecule is CC(F)(F)c1ccc(NC(=O)NC(Cc2ccccc2)(c2ccccc2)c2ccccn2)cc1. The van der Waals surface area contributed by atoms with E-state index in [-0.39, 0.29) is 5.56 Å². The average molecular weight is 458 g/mol. The Morgan fingerprint density at radius 1 is 0.794 bits per heavy atom. The third-order valence-corrected chi connectivity index (χ3v) is 5.66. The van der Waals surface area contributed by atoms with Crippen LogP contribution >= 0.6 is 0 Å². The van der Waals surface area contributed by atoms with Gasteiger partial charge in [0.1, 0.15) is 5.54 Å². The first-order valence-corrected chi connectivity index (χ1v) is 11.0. The predicted octanol–water partition coefficient (Wildman–Crippen LogP) is 6.50. The molecule has 0 aliphatic carbocycles. The molecule has 0 bridgehead atoms. The van der Waals surface area contributed by atoms with Crippen LogP contribution < -0.4 is 10.6 Å². The quantitative estimate of drug-likeness (QED) is 0.333. The smallest absolute Gasteiger partial charge is 0.320 e. The van der Waals surface area contributed by atoms with E-state index in [1.54, 1.807) is 6.20 Å². The predicted molar refractivity (Wildman–Crippen MR) is 130 cm³/mol. The lowest BCUT2D eigenvalue weighted by molar-refractivity contribution is 0.0175. The molecule has 0 aliphatic rings. The molecule has 0 saturated heterocycles. The van der Waals surface area contributed by atoms with E-state index in [0.717, 1.165) is 18.1 Å². The minimum absolute atomic E-state index is 0.116. The molecule has 0 aliphatic heterocycles. The number of rotatable bonds is 7. The highest BCUT2D eigenvalue weighted by molar-refractivity contribution is 5.90. The zero-order valence-electron chi connectivity index (χ0n) is 18.7. The Kier molecular flexibility index (Phi) is 6.68. The van der Waals surface area contributed by atoms with E-state index < -0.39 is 17.5 Å². The van der Waals surface area contributed by atoms with Gasteiger partial charge in [-0.25, -0.2) is 13.6 Å². The van der Waals surface area contributed by atoms with Crippen LogP contribution in [0, 0.1) is 0 Å². The van der Waals surface area contributed by atoms with Crippen molar-refractivity contribution < 1.29 is 13.6 Å². The molecule has 0 saturated carbocycles. The second kappa shape index (κ2) is 9.83. The number of carbonyl (C=O) groups excluding carboxylic acids is 1. The van der Waals surface area contributed by atoms with Crippen molar-refractivity contribution in [3.8, 4) is 0 Å². The highest BCUT2D eigenvalue weighted by atomic mass is 19.3. The molecule has 2 N–H and O–H groups in total. The second-order valence-electron chi connectivity index (χ2n) is 8.19. The molecular formula is C28H25F2N3O. The molecule has 0 spiro atoms. The molecule has 34 heavy (non-hydrogen) atoms. The first-order valence-electron chi connectivity index (χ1n) is 11.0. The van der Waals surface area contributed by atoms with Gasteiger partial charge in [0.25, 0.3) is 5.92 Å². The Balaban J connectivity index is 1.71. The number of halogens is 2. The Hall–Kier alpha value is -4.06. The fourth-order valence-electron chi connectivity index (χ4n) is 3.96. The minimum Gasteiger partial charge on any atom is -0.322 e. The number of amides is 2. The van der Waals surface area contributed by atoms with Gasteiger partial charge in [-0.2, -0.15) is 0 Å². The Morgan fingerprint density at radius 2 is 1.41 bits per heavy atom. The van der Waals surface area contributed by atoms with Crippen molar-refractivity contribution in [2.24, 2.45) is 0 Å². The molecule has 1 heterocycles. The molecular weight excluding hydrogens is 432 g/mol. The number of carbonyl (C=O) groups is 1. The van der Waals surface area contributed by atoms with E-state index in [1.807, 2.05) is 78.9 Å². The summed E-state index contributed by atoms with van der Waals surface area (Å²) in [5, 5.41) is 5.92. The van der Waals surface area contributed by atoms with Crippen LogP contribution in [0.15, 0.2) is 109 Å². The van der Waals surface area contributed by atoms with Gasteiger partial charge in [-0.15, -0.1) is 0 Å². The first-order chi connectivity index (χ1) is 16.4. The standard InChI is InChI=1S/C28H25F2N3O/c1-27(29,30)22-15-17-24(18-16-22)32-26(34)33-28(23-12-6-3-7-13-23,25-14-8-9-19-31-25)20-21-10-4-2-5-11-21/h2-19H,20H2,1H3,(H2,32,33,34). The van der Waals surface area contributed by atoms with Crippen molar-refractivity contribution in [2.75, 3.05) is 5.32 Å². The van der Waals surface area contributed by atoms with Crippen molar-refractivity contribution in [1.29, 1.82) is 0 Å². The summed E-state index contributed by atoms with van der Waals surface area (Å²) < 4.78 is 27.1. The fraction of sp³-hybridized carbons (Fsp3) is 0.143. The van der Waals surface area contributed by atoms with Gasteiger partial charge in [-0.05, 0) is 35.4 Å². The molecule has 0 fully saturated rings. The summed E-state index contributed by atoms with van der Waals surface area (Å²) in [6.07, 6.45) is 2.16. The number of nitrogens with one attached hydrogen (secondary N) is 2. The third-order valence-electron chi connectivity index (χ3n) is 5.66. The molecule has 0 radical (unpaired) electrons. The van der Waals surface area contributed by atoms with E-state index in [9.17, 15) is 13.6 Å². The molecule has 1 atom stereocenters. The van der Waals surface area contributed by atoms with Gasteiger partial charge in [0.15, 0.2) is 0 Å². The molecule has 4 rings (SSSR count). The zero-order valence-corrected chi connectivity index (χ0v) is 18.7. The van der Waals surface area contributed by atoms with E-state index >= 15 is 0 Å². The van der Waals surface area contributed by atoms with Gasteiger partial charge >= 0.3 is 6.03 Å². The molecule has 3 aromatic carbocycles. The van der Waals surface area contributed by atoms with Crippen LogP contribution in [0.3, 0.4) is 0 Å². The van der Waals surface area contributed by atoms with Crippen LogP contribution in [0.4, 0.5) is 19.3 Å². The number of hydrogen-bond donors (Lipinski definition) is 2. The van der Waals surface area contributed by atoms with E-state index in [1.165, 1.54) is 24.3 Å². The van der Waals surface area contributed by atoms with Gasteiger partial charge in [0, 0.05) is 30.8 Å². The van der Waals surface area contributed by atoms with Crippen molar-refractivity contribution in [3.63, 3.8) is 0 Å². The largest absolute Gasteiger partial charge is 0.322 e. The lowest BCUT2D eigenvalue weighted by Gasteiger charge is -2.35.